The van der Waals surface area contributed by atoms with Crippen LogP contribution in [0.2, 0.25) is 0 Å². The van der Waals surface area contributed by atoms with Crippen molar-refractivity contribution in [2.75, 3.05) is 0 Å². The number of rotatable bonds is 0. The van der Waals surface area contributed by atoms with E-state index in [0.29, 0.717) is 11.1 Å². The number of hydrogen-bond acceptors (Lipinski definition) is 1. The average molecular weight is 159 g/mol. The molecule has 0 aliphatic heterocycles. The van der Waals surface area contributed by atoms with Gasteiger partial charge in [0.25, 0.3) is 0 Å². The summed E-state index contributed by atoms with van der Waals surface area (Å²) in [5.74, 6) is 0. The highest BCUT2D eigenvalue weighted by atomic mass is 28.2. The molecular formula is C8H21NSi. The minimum atomic E-state index is 0.338. The Hall–Kier alpha value is 0.177. The van der Waals surface area contributed by atoms with Crippen LogP contribution in [0.1, 0.15) is 41.5 Å². The van der Waals surface area contributed by atoms with Crippen LogP contribution in [0.15, 0.2) is 0 Å². The van der Waals surface area contributed by atoms with Crippen molar-refractivity contribution in [1.82, 2.24) is 4.57 Å². The molecule has 0 fully saturated rings. The van der Waals surface area contributed by atoms with Crippen LogP contribution in [0.3, 0.4) is 0 Å². The van der Waals surface area contributed by atoms with Crippen molar-refractivity contribution in [2.45, 2.75) is 52.6 Å². The highest BCUT2D eigenvalue weighted by molar-refractivity contribution is 6.05. The van der Waals surface area contributed by atoms with Crippen LogP contribution in [-0.4, -0.2) is 26.0 Å². The van der Waals surface area contributed by atoms with Crippen LogP contribution in [0, 0.1) is 0 Å². The van der Waals surface area contributed by atoms with Crippen molar-refractivity contribution in [1.29, 1.82) is 0 Å². The molecule has 62 valence electrons. The van der Waals surface area contributed by atoms with Gasteiger partial charge in [0.2, 0.25) is 0 Å². The van der Waals surface area contributed by atoms with Crippen molar-refractivity contribution in [3.05, 3.63) is 0 Å². The minimum Gasteiger partial charge on any atom is -0.323 e. The summed E-state index contributed by atoms with van der Waals surface area (Å²) in [5, 5.41) is 0. The summed E-state index contributed by atoms with van der Waals surface area (Å²) in [6.45, 7) is 13.6. The fourth-order valence-corrected chi connectivity index (χ4v) is 1.01. The molecule has 10 heavy (non-hydrogen) atoms. The lowest BCUT2D eigenvalue weighted by Crippen LogP contribution is -2.50. The smallest absolute Gasteiger partial charge is 0.0797 e. The normalized spacial score (nSPS) is 14.7. The molecule has 0 aromatic rings. The van der Waals surface area contributed by atoms with Crippen molar-refractivity contribution in [3.8, 4) is 0 Å². The SMILES string of the molecule is CC(C)(C)N([SiH3])C(C)(C)C. The second-order valence-electron chi connectivity index (χ2n) is 4.90. The van der Waals surface area contributed by atoms with Gasteiger partial charge in [-0.1, -0.05) is 0 Å². The molecule has 0 bridgehead atoms. The third-order valence-corrected chi connectivity index (χ3v) is 4.70. The van der Waals surface area contributed by atoms with E-state index >= 15 is 0 Å². The first-order valence-corrected chi connectivity index (χ1v) is 4.79. The van der Waals surface area contributed by atoms with Crippen LogP contribution in [0.25, 0.3) is 0 Å². The molecule has 0 atom stereocenters. The van der Waals surface area contributed by atoms with Crippen LogP contribution in [-0.2, 0) is 0 Å². The van der Waals surface area contributed by atoms with Crippen LogP contribution in [0.4, 0.5) is 0 Å². The summed E-state index contributed by atoms with van der Waals surface area (Å²) < 4.78 is 2.51. The fourth-order valence-electron chi connectivity index (χ4n) is 1.01. The predicted molar refractivity (Wildman–Crippen MR) is 51.3 cm³/mol. The quantitative estimate of drug-likeness (QED) is 0.480. The molecule has 0 saturated carbocycles. The van der Waals surface area contributed by atoms with Gasteiger partial charge in [0.1, 0.15) is 0 Å². The topological polar surface area (TPSA) is 3.24 Å². The van der Waals surface area contributed by atoms with Crippen molar-refractivity contribution in [3.63, 3.8) is 0 Å². The highest BCUT2D eigenvalue weighted by Crippen LogP contribution is 2.20. The van der Waals surface area contributed by atoms with E-state index in [9.17, 15) is 0 Å². The zero-order valence-corrected chi connectivity index (χ0v) is 10.4. The van der Waals surface area contributed by atoms with Crippen molar-refractivity contribution >= 4 is 10.4 Å². The second-order valence-corrected chi connectivity index (χ2v) is 5.80. The Balaban J connectivity index is 4.23. The third kappa shape index (κ3) is 2.84. The Morgan fingerprint density at radius 1 is 0.800 bits per heavy atom. The van der Waals surface area contributed by atoms with Gasteiger partial charge in [-0.3, -0.25) is 0 Å². The minimum absolute atomic E-state index is 0.338. The largest absolute Gasteiger partial charge is 0.323 e. The zero-order chi connectivity index (χ0) is 8.58. The highest BCUT2D eigenvalue weighted by Gasteiger charge is 2.26. The Morgan fingerprint density at radius 2 is 1.00 bits per heavy atom. The molecule has 0 unspecified atom stereocenters. The Kier molecular flexibility index (Phi) is 2.71. The Bertz CT molecular complexity index is 93.4. The van der Waals surface area contributed by atoms with E-state index in [1.807, 2.05) is 0 Å². The van der Waals surface area contributed by atoms with Gasteiger partial charge in [-0.05, 0) is 41.5 Å². The van der Waals surface area contributed by atoms with Gasteiger partial charge >= 0.3 is 0 Å². The number of hydrogen-bond donors (Lipinski definition) is 0. The lowest BCUT2D eigenvalue weighted by atomic mass is 10.0. The molecule has 1 nitrogen and oxygen atoms in total. The van der Waals surface area contributed by atoms with E-state index in [1.165, 1.54) is 0 Å². The summed E-state index contributed by atoms with van der Waals surface area (Å²) in [4.78, 5) is 0. The molecular weight excluding hydrogens is 138 g/mol. The van der Waals surface area contributed by atoms with Gasteiger partial charge < -0.3 is 4.57 Å². The van der Waals surface area contributed by atoms with Gasteiger partial charge in [0, 0.05) is 11.1 Å². The third-order valence-electron chi connectivity index (χ3n) is 2.01. The van der Waals surface area contributed by atoms with Gasteiger partial charge in [0.05, 0.1) is 10.4 Å². The first-order valence-electron chi connectivity index (χ1n) is 3.89. The Morgan fingerprint density at radius 3 is 1.00 bits per heavy atom. The number of nitrogens with zero attached hydrogens (tertiary/aromatic N) is 1. The van der Waals surface area contributed by atoms with Gasteiger partial charge in [-0.2, -0.15) is 0 Å². The van der Waals surface area contributed by atoms with Crippen LogP contribution >= 0.6 is 0 Å². The van der Waals surface area contributed by atoms with Gasteiger partial charge in [0.15, 0.2) is 0 Å². The van der Waals surface area contributed by atoms with Crippen molar-refractivity contribution < 1.29 is 0 Å². The first kappa shape index (κ1) is 10.2. The van der Waals surface area contributed by atoms with E-state index in [4.69, 9.17) is 0 Å². The summed E-state index contributed by atoms with van der Waals surface area (Å²) in [6, 6.07) is 0. The molecule has 0 spiro atoms. The first-order chi connectivity index (χ1) is 4.15. The van der Waals surface area contributed by atoms with Crippen LogP contribution < -0.4 is 0 Å². The monoisotopic (exact) mass is 159 g/mol. The molecule has 0 aromatic carbocycles. The van der Waals surface area contributed by atoms with E-state index in [1.54, 1.807) is 0 Å². The Labute approximate surface area is 68.3 Å². The van der Waals surface area contributed by atoms with Gasteiger partial charge in [-0.15, -0.1) is 0 Å². The summed E-state index contributed by atoms with van der Waals surface area (Å²) in [5.41, 5.74) is 0.676. The summed E-state index contributed by atoms with van der Waals surface area (Å²) in [7, 11) is 1.14. The molecule has 0 amide bonds. The second kappa shape index (κ2) is 2.66. The predicted octanol–water partition coefficient (Wildman–Crippen LogP) is 1.17. The molecule has 0 aliphatic rings. The maximum atomic E-state index is 2.51. The molecule has 0 aromatic heterocycles. The molecule has 0 saturated heterocycles. The molecule has 0 rings (SSSR count). The summed E-state index contributed by atoms with van der Waals surface area (Å²) >= 11 is 0. The fraction of sp³-hybridized carbons (Fsp3) is 1.00. The molecule has 0 N–H and O–H groups in total. The molecule has 0 radical (unpaired) electrons. The lowest BCUT2D eigenvalue weighted by Gasteiger charge is -2.43. The summed E-state index contributed by atoms with van der Waals surface area (Å²) in [6.07, 6.45) is 0. The molecule has 0 heterocycles. The molecule has 2 heteroatoms. The van der Waals surface area contributed by atoms with E-state index < -0.39 is 0 Å². The van der Waals surface area contributed by atoms with Crippen LogP contribution in [0.5, 0.6) is 0 Å². The maximum absolute atomic E-state index is 2.51. The lowest BCUT2D eigenvalue weighted by molar-refractivity contribution is 0.144. The van der Waals surface area contributed by atoms with Gasteiger partial charge in [-0.25, -0.2) is 0 Å². The maximum Gasteiger partial charge on any atom is 0.0797 e. The molecule has 0 aliphatic carbocycles. The van der Waals surface area contributed by atoms with E-state index in [0.717, 1.165) is 10.4 Å². The van der Waals surface area contributed by atoms with E-state index in [-0.39, 0.29) is 0 Å². The van der Waals surface area contributed by atoms with E-state index in [2.05, 4.69) is 46.1 Å². The average Bonchev–Trinajstić information content (AvgIpc) is 1.59. The standard InChI is InChI=1S/C8H21NSi/c1-7(2,3)9(10)8(4,5)6/h1-6,10H3. The van der Waals surface area contributed by atoms with Crippen molar-refractivity contribution in [2.24, 2.45) is 0 Å². The zero-order valence-electron chi connectivity index (χ0n) is 8.45.